The Morgan fingerprint density at radius 2 is 2.18 bits per heavy atom. The van der Waals surface area contributed by atoms with Gasteiger partial charge in [-0.3, -0.25) is 15.1 Å². The van der Waals surface area contributed by atoms with Crippen LogP contribution in [0, 0.1) is 0 Å². The molecule has 1 fully saturated rings. The Hall–Kier alpha value is -2.02. The van der Waals surface area contributed by atoms with E-state index in [-0.39, 0.29) is 18.0 Å². The highest BCUT2D eigenvalue weighted by Crippen LogP contribution is 2.15. The predicted molar refractivity (Wildman–Crippen MR) is 86.7 cm³/mol. The van der Waals surface area contributed by atoms with Crippen LogP contribution >= 0.6 is 11.8 Å². The number of amides is 3. The van der Waals surface area contributed by atoms with Crippen LogP contribution < -0.4 is 10.6 Å². The summed E-state index contributed by atoms with van der Waals surface area (Å²) in [7, 11) is 0. The topological polar surface area (TPSA) is 73.8 Å². The zero-order valence-electron chi connectivity index (χ0n) is 12.1. The van der Waals surface area contributed by atoms with E-state index in [2.05, 4.69) is 15.6 Å². The second-order valence-electron chi connectivity index (χ2n) is 5.29. The number of hydrogen-bond acceptors (Lipinski definition) is 4. The molecule has 116 valence electrons. The van der Waals surface area contributed by atoms with Crippen molar-refractivity contribution in [3.05, 3.63) is 35.9 Å². The maximum Gasteiger partial charge on any atom is 0.321 e. The van der Waals surface area contributed by atoms with Gasteiger partial charge in [0.2, 0.25) is 5.91 Å². The van der Waals surface area contributed by atoms with Gasteiger partial charge in [-0.15, -0.1) is 0 Å². The van der Waals surface area contributed by atoms with Gasteiger partial charge in [-0.2, -0.15) is 0 Å². The number of carbonyl (C=O) groups excluding carboxylic acids is 2. The number of urea groups is 1. The monoisotopic (exact) mass is 318 g/mol. The van der Waals surface area contributed by atoms with Crippen LogP contribution in [0.2, 0.25) is 0 Å². The van der Waals surface area contributed by atoms with Crippen molar-refractivity contribution in [2.45, 2.75) is 19.0 Å². The molecule has 0 aromatic heterocycles. The number of aliphatic imine (C=N–C) groups is 1. The first-order valence-electron chi connectivity index (χ1n) is 7.27. The molecule has 2 heterocycles. The summed E-state index contributed by atoms with van der Waals surface area (Å²) in [4.78, 5) is 29.9. The SMILES string of the molecule is O=C(NC1=NCCS1)NC1CC(=O)N(Cc2ccccc2)C1. The fourth-order valence-electron chi connectivity index (χ4n) is 2.55. The highest BCUT2D eigenvalue weighted by molar-refractivity contribution is 8.14. The van der Waals surface area contributed by atoms with Gasteiger partial charge in [0.15, 0.2) is 5.17 Å². The summed E-state index contributed by atoms with van der Waals surface area (Å²) in [6.07, 6.45) is 0.347. The van der Waals surface area contributed by atoms with E-state index in [1.807, 2.05) is 30.3 Å². The first kappa shape index (κ1) is 14.9. The first-order chi connectivity index (χ1) is 10.7. The quantitative estimate of drug-likeness (QED) is 0.879. The Balaban J connectivity index is 1.50. The van der Waals surface area contributed by atoms with E-state index < -0.39 is 0 Å². The molecular formula is C15H18N4O2S. The van der Waals surface area contributed by atoms with Crippen LogP contribution in [0.3, 0.4) is 0 Å². The summed E-state index contributed by atoms with van der Waals surface area (Å²) in [6.45, 7) is 1.87. The fraction of sp³-hybridized carbons (Fsp3) is 0.400. The number of nitrogens with one attached hydrogen (secondary N) is 2. The number of benzene rings is 1. The third-order valence-corrected chi connectivity index (χ3v) is 4.46. The smallest absolute Gasteiger partial charge is 0.321 e. The van der Waals surface area contributed by atoms with Crippen molar-refractivity contribution in [2.75, 3.05) is 18.8 Å². The molecule has 3 rings (SSSR count). The lowest BCUT2D eigenvalue weighted by molar-refractivity contribution is -0.128. The van der Waals surface area contributed by atoms with Gasteiger partial charge >= 0.3 is 6.03 Å². The van der Waals surface area contributed by atoms with Crippen molar-refractivity contribution < 1.29 is 9.59 Å². The van der Waals surface area contributed by atoms with Crippen LogP contribution in [-0.4, -0.2) is 46.9 Å². The van der Waals surface area contributed by atoms with E-state index in [9.17, 15) is 9.59 Å². The average Bonchev–Trinajstić information content (AvgIpc) is 3.11. The Labute approximate surface area is 133 Å². The van der Waals surface area contributed by atoms with Gasteiger partial charge in [0.25, 0.3) is 0 Å². The van der Waals surface area contributed by atoms with Crippen LogP contribution in [-0.2, 0) is 11.3 Å². The molecule has 1 saturated heterocycles. The van der Waals surface area contributed by atoms with E-state index in [0.29, 0.717) is 24.7 Å². The number of hydrogen-bond donors (Lipinski definition) is 2. The second-order valence-corrected chi connectivity index (χ2v) is 6.38. The minimum atomic E-state index is -0.285. The van der Waals surface area contributed by atoms with Gasteiger partial charge in [0.1, 0.15) is 0 Å². The lowest BCUT2D eigenvalue weighted by atomic mass is 10.2. The van der Waals surface area contributed by atoms with Crippen molar-refractivity contribution in [3.63, 3.8) is 0 Å². The zero-order valence-corrected chi connectivity index (χ0v) is 12.9. The lowest BCUT2D eigenvalue weighted by Crippen LogP contribution is -2.44. The average molecular weight is 318 g/mol. The third kappa shape index (κ3) is 3.79. The minimum absolute atomic E-state index is 0.0711. The Bertz CT molecular complexity index is 590. The molecule has 1 unspecified atom stereocenters. The molecule has 6 nitrogen and oxygen atoms in total. The van der Waals surface area contributed by atoms with Gasteiger partial charge in [0.05, 0.1) is 12.6 Å². The van der Waals surface area contributed by atoms with Crippen LogP contribution in [0.1, 0.15) is 12.0 Å². The van der Waals surface area contributed by atoms with E-state index in [0.717, 1.165) is 17.9 Å². The number of rotatable bonds is 3. The summed E-state index contributed by atoms with van der Waals surface area (Å²) >= 11 is 1.53. The number of likely N-dealkylation sites (tertiary alicyclic amines) is 1. The van der Waals surface area contributed by atoms with Crippen molar-refractivity contribution in [1.82, 2.24) is 15.5 Å². The number of nitrogens with zero attached hydrogens (tertiary/aromatic N) is 2. The highest BCUT2D eigenvalue weighted by Gasteiger charge is 2.30. The summed E-state index contributed by atoms with van der Waals surface area (Å²) in [5.74, 6) is 0.976. The highest BCUT2D eigenvalue weighted by atomic mass is 32.2. The largest absolute Gasteiger partial charge is 0.336 e. The molecule has 1 atom stereocenters. The molecule has 3 amide bonds. The molecule has 2 N–H and O–H groups in total. The van der Waals surface area contributed by atoms with Crippen molar-refractivity contribution >= 4 is 28.9 Å². The Kier molecular flexibility index (Phi) is 4.62. The van der Waals surface area contributed by atoms with Crippen LogP contribution in [0.4, 0.5) is 4.79 Å². The number of carbonyl (C=O) groups is 2. The predicted octanol–water partition coefficient (Wildman–Crippen LogP) is 1.19. The summed E-state index contributed by atoms with van der Waals surface area (Å²) in [5.41, 5.74) is 1.10. The fourth-order valence-corrected chi connectivity index (χ4v) is 3.28. The normalized spacial score (nSPS) is 20.9. The van der Waals surface area contributed by atoms with Gasteiger partial charge < -0.3 is 10.2 Å². The summed E-state index contributed by atoms with van der Waals surface area (Å²) in [5, 5.41) is 6.22. The molecule has 0 saturated carbocycles. The van der Waals surface area contributed by atoms with E-state index >= 15 is 0 Å². The van der Waals surface area contributed by atoms with Gasteiger partial charge in [-0.05, 0) is 5.56 Å². The molecule has 2 aliphatic heterocycles. The van der Waals surface area contributed by atoms with Crippen LogP contribution in [0.5, 0.6) is 0 Å². The van der Waals surface area contributed by atoms with Crippen molar-refractivity contribution in [1.29, 1.82) is 0 Å². The van der Waals surface area contributed by atoms with Crippen LogP contribution in [0.15, 0.2) is 35.3 Å². The van der Waals surface area contributed by atoms with E-state index in [1.165, 1.54) is 11.8 Å². The molecule has 1 aromatic rings. The number of amidine groups is 1. The molecule has 2 aliphatic rings. The van der Waals surface area contributed by atoms with Gasteiger partial charge in [-0.25, -0.2) is 4.79 Å². The standard InChI is InChI=1S/C15H18N4O2S/c20-13-8-12(17-14(21)18-15-16-6-7-22-15)10-19(13)9-11-4-2-1-3-5-11/h1-5,12H,6-10H2,(H2,16,17,18,21). The Morgan fingerprint density at radius 3 is 2.91 bits per heavy atom. The van der Waals surface area contributed by atoms with E-state index in [1.54, 1.807) is 4.90 Å². The minimum Gasteiger partial charge on any atom is -0.336 e. The van der Waals surface area contributed by atoms with E-state index in [4.69, 9.17) is 0 Å². The summed E-state index contributed by atoms with van der Waals surface area (Å²) < 4.78 is 0. The first-order valence-corrected chi connectivity index (χ1v) is 8.26. The van der Waals surface area contributed by atoms with Crippen LogP contribution in [0.25, 0.3) is 0 Å². The van der Waals surface area contributed by atoms with Gasteiger partial charge in [-0.1, -0.05) is 42.1 Å². The Morgan fingerprint density at radius 1 is 1.36 bits per heavy atom. The molecule has 0 aliphatic carbocycles. The molecule has 1 aromatic carbocycles. The molecule has 0 radical (unpaired) electrons. The zero-order chi connectivity index (χ0) is 15.4. The van der Waals surface area contributed by atoms with Gasteiger partial charge in [0, 0.05) is 25.3 Å². The summed E-state index contributed by atoms with van der Waals surface area (Å²) in [6, 6.07) is 9.42. The molecule has 0 bridgehead atoms. The maximum absolute atomic E-state index is 12.0. The second kappa shape index (κ2) is 6.83. The van der Waals surface area contributed by atoms with Crippen molar-refractivity contribution in [3.8, 4) is 0 Å². The molecule has 22 heavy (non-hydrogen) atoms. The lowest BCUT2D eigenvalue weighted by Gasteiger charge is -2.17. The molecule has 7 heteroatoms. The van der Waals surface area contributed by atoms with Crippen molar-refractivity contribution in [2.24, 2.45) is 4.99 Å². The maximum atomic E-state index is 12.0. The third-order valence-electron chi connectivity index (χ3n) is 3.57. The number of thioether (sulfide) groups is 1. The molecular weight excluding hydrogens is 300 g/mol. The molecule has 0 spiro atoms.